The minimum atomic E-state index is -2.57. The molecule has 0 saturated heterocycles. The summed E-state index contributed by atoms with van der Waals surface area (Å²) in [7, 11) is 2.86. The Morgan fingerprint density at radius 1 is 1.28 bits per heavy atom. The summed E-state index contributed by atoms with van der Waals surface area (Å²) >= 11 is 0. The lowest BCUT2D eigenvalue weighted by Crippen LogP contribution is -2.12. The highest BCUT2D eigenvalue weighted by Gasteiger charge is 2.41. The molecule has 0 heterocycles. The number of ether oxygens (including phenoxy) is 2. The van der Waals surface area contributed by atoms with Gasteiger partial charge in [0.05, 0.1) is 19.8 Å². The zero-order valence-electron chi connectivity index (χ0n) is 10.4. The molecule has 1 aromatic carbocycles. The van der Waals surface area contributed by atoms with Gasteiger partial charge in [0.2, 0.25) is 0 Å². The van der Waals surface area contributed by atoms with E-state index in [9.17, 15) is 13.9 Å². The Hall–Kier alpha value is -1.36. The van der Waals surface area contributed by atoms with Gasteiger partial charge in [0.25, 0.3) is 6.43 Å². The van der Waals surface area contributed by atoms with Crippen molar-refractivity contribution in [3.63, 3.8) is 0 Å². The number of alkyl halides is 2. The molecule has 1 fully saturated rings. The summed E-state index contributed by atoms with van der Waals surface area (Å²) in [6, 6.07) is 2.65. The topological polar surface area (TPSA) is 38.7 Å². The van der Waals surface area contributed by atoms with E-state index in [1.807, 2.05) is 0 Å². The van der Waals surface area contributed by atoms with Crippen LogP contribution in [0.5, 0.6) is 11.5 Å². The summed E-state index contributed by atoms with van der Waals surface area (Å²) in [6.45, 7) is 0. The number of hydrogen-bond donors (Lipinski definition) is 1. The molecule has 18 heavy (non-hydrogen) atoms. The molecule has 100 valence electrons. The molecule has 0 amide bonds. The average Bonchev–Trinajstić information content (AvgIpc) is 3.05. The molecule has 3 nitrogen and oxygen atoms in total. The molecule has 1 aliphatic rings. The van der Waals surface area contributed by atoms with Crippen molar-refractivity contribution in [2.45, 2.75) is 31.3 Å². The fraction of sp³-hybridized carbons (Fsp3) is 0.538. The van der Waals surface area contributed by atoms with Crippen molar-refractivity contribution in [2.75, 3.05) is 14.2 Å². The largest absolute Gasteiger partial charge is 0.493 e. The van der Waals surface area contributed by atoms with Crippen LogP contribution in [-0.4, -0.2) is 24.9 Å². The van der Waals surface area contributed by atoms with Crippen LogP contribution in [0.1, 0.15) is 30.4 Å². The summed E-state index contributed by atoms with van der Waals surface area (Å²) in [6.07, 6.45) is -0.876. The first-order valence-corrected chi connectivity index (χ1v) is 5.74. The van der Waals surface area contributed by atoms with Crippen molar-refractivity contribution < 1.29 is 23.4 Å². The normalized spacial score (nSPS) is 16.8. The lowest BCUT2D eigenvalue weighted by molar-refractivity contribution is 0.145. The standard InChI is InChI=1S/C13H16F2O3/c1-17-10-6-8(12(14)15)5-9(11(10)18-2)7-13(16)3-4-13/h5-6,12,16H,3-4,7H2,1-2H3. The van der Waals surface area contributed by atoms with Crippen LogP contribution in [0, 0.1) is 0 Å². The van der Waals surface area contributed by atoms with Gasteiger partial charge in [0, 0.05) is 17.5 Å². The number of rotatable bonds is 5. The Labute approximate surface area is 104 Å². The molecule has 0 radical (unpaired) electrons. The maximum atomic E-state index is 12.8. The Bertz CT molecular complexity index is 442. The monoisotopic (exact) mass is 258 g/mol. The molecule has 2 rings (SSSR count). The van der Waals surface area contributed by atoms with E-state index in [0.29, 0.717) is 30.6 Å². The predicted octanol–water partition coefficient (Wildman–Crippen LogP) is 2.71. The maximum Gasteiger partial charge on any atom is 0.263 e. The van der Waals surface area contributed by atoms with Crippen LogP contribution < -0.4 is 9.47 Å². The SMILES string of the molecule is COc1cc(C(F)F)cc(CC2(O)CC2)c1OC. The van der Waals surface area contributed by atoms with E-state index in [-0.39, 0.29) is 11.3 Å². The second-order valence-corrected chi connectivity index (χ2v) is 4.62. The molecule has 5 heteroatoms. The van der Waals surface area contributed by atoms with Crippen molar-refractivity contribution in [1.82, 2.24) is 0 Å². The lowest BCUT2D eigenvalue weighted by Gasteiger charge is -2.16. The van der Waals surface area contributed by atoms with Gasteiger partial charge in [-0.3, -0.25) is 0 Å². The third-order valence-corrected chi connectivity index (χ3v) is 3.18. The molecule has 1 aromatic rings. The average molecular weight is 258 g/mol. The lowest BCUT2D eigenvalue weighted by atomic mass is 10.0. The highest BCUT2D eigenvalue weighted by atomic mass is 19.3. The van der Waals surface area contributed by atoms with E-state index in [0.717, 1.165) is 0 Å². The van der Waals surface area contributed by atoms with E-state index in [1.165, 1.54) is 26.4 Å². The summed E-state index contributed by atoms with van der Waals surface area (Å²) in [5.74, 6) is 0.691. The van der Waals surface area contributed by atoms with E-state index in [1.54, 1.807) is 0 Å². The van der Waals surface area contributed by atoms with E-state index >= 15 is 0 Å². The van der Waals surface area contributed by atoms with Gasteiger partial charge in [0.1, 0.15) is 0 Å². The van der Waals surface area contributed by atoms with E-state index in [4.69, 9.17) is 9.47 Å². The first-order chi connectivity index (χ1) is 8.49. The zero-order chi connectivity index (χ0) is 13.3. The number of methoxy groups -OCH3 is 2. The molecule has 1 aliphatic carbocycles. The fourth-order valence-electron chi connectivity index (χ4n) is 2.00. The second kappa shape index (κ2) is 4.72. The smallest absolute Gasteiger partial charge is 0.263 e. The van der Waals surface area contributed by atoms with Gasteiger partial charge in [-0.2, -0.15) is 0 Å². The number of halogens is 2. The molecule has 0 spiro atoms. The number of hydrogen-bond acceptors (Lipinski definition) is 3. The third kappa shape index (κ3) is 2.56. The third-order valence-electron chi connectivity index (χ3n) is 3.18. The Kier molecular flexibility index (Phi) is 3.43. The van der Waals surface area contributed by atoms with Crippen LogP contribution in [0.15, 0.2) is 12.1 Å². The van der Waals surface area contributed by atoms with Crippen molar-refractivity contribution >= 4 is 0 Å². The van der Waals surface area contributed by atoms with Crippen LogP contribution in [0.3, 0.4) is 0 Å². The maximum absolute atomic E-state index is 12.8. The summed E-state index contributed by atoms with van der Waals surface area (Å²) < 4.78 is 35.8. The summed E-state index contributed by atoms with van der Waals surface area (Å²) in [4.78, 5) is 0. The van der Waals surface area contributed by atoms with Crippen molar-refractivity contribution in [2.24, 2.45) is 0 Å². The Balaban J connectivity index is 2.42. The molecule has 1 N–H and O–H groups in total. The molecule has 0 atom stereocenters. The molecular weight excluding hydrogens is 242 g/mol. The molecule has 0 aliphatic heterocycles. The first kappa shape index (κ1) is 13.1. The molecule has 1 saturated carbocycles. The Morgan fingerprint density at radius 2 is 1.94 bits per heavy atom. The highest BCUT2D eigenvalue weighted by molar-refractivity contribution is 5.50. The number of benzene rings is 1. The predicted molar refractivity (Wildman–Crippen MR) is 62.4 cm³/mol. The first-order valence-electron chi connectivity index (χ1n) is 5.74. The van der Waals surface area contributed by atoms with Gasteiger partial charge >= 0.3 is 0 Å². The van der Waals surface area contributed by atoms with Gasteiger partial charge in [-0.1, -0.05) is 0 Å². The van der Waals surface area contributed by atoms with Crippen LogP contribution in [0.2, 0.25) is 0 Å². The van der Waals surface area contributed by atoms with Crippen molar-refractivity contribution in [3.05, 3.63) is 23.3 Å². The van der Waals surface area contributed by atoms with Crippen molar-refractivity contribution in [3.8, 4) is 11.5 Å². The van der Waals surface area contributed by atoms with E-state index < -0.39 is 12.0 Å². The highest BCUT2D eigenvalue weighted by Crippen LogP contribution is 2.43. The zero-order valence-corrected chi connectivity index (χ0v) is 10.4. The minimum absolute atomic E-state index is 0.119. The molecule has 0 bridgehead atoms. The Morgan fingerprint density at radius 3 is 2.39 bits per heavy atom. The van der Waals surface area contributed by atoms with Gasteiger partial charge in [-0.05, 0) is 25.0 Å². The van der Waals surface area contributed by atoms with Gasteiger partial charge in [0.15, 0.2) is 11.5 Å². The van der Waals surface area contributed by atoms with E-state index in [2.05, 4.69) is 0 Å². The van der Waals surface area contributed by atoms with Gasteiger partial charge in [-0.15, -0.1) is 0 Å². The summed E-state index contributed by atoms with van der Waals surface area (Å²) in [5.41, 5.74) is -0.321. The molecule has 0 unspecified atom stereocenters. The quantitative estimate of drug-likeness (QED) is 0.882. The van der Waals surface area contributed by atoms with Crippen LogP contribution in [-0.2, 0) is 6.42 Å². The molecule has 0 aromatic heterocycles. The van der Waals surface area contributed by atoms with Crippen LogP contribution >= 0.6 is 0 Å². The van der Waals surface area contributed by atoms with Crippen LogP contribution in [0.25, 0.3) is 0 Å². The van der Waals surface area contributed by atoms with Gasteiger partial charge in [-0.25, -0.2) is 8.78 Å². The molecular formula is C13H16F2O3. The van der Waals surface area contributed by atoms with Gasteiger partial charge < -0.3 is 14.6 Å². The second-order valence-electron chi connectivity index (χ2n) is 4.62. The number of aliphatic hydroxyl groups is 1. The van der Waals surface area contributed by atoms with Crippen LogP contribution in [0.4, 0.5) is 8.78 Å². The minimum Gasteiger partial charge on any atom is -0.493 e. The van der Waals surface area contributed by atoms with Crippen molar-refractivity contribution in [1.29, 1.82) is 0 Å². The fourth-order valence-corrected chi connectivity index (χ4v) is 2.00. The summed E-state index contributed by atoms with van der Waals surface area (Å²) in [5, 5.41) is 9.91.